The van der Waals surface area contributed by atoms with Gasteiger partial charge in [-0.3, -0.25) is 14.5 Å². The SMILES string of the molecule is Cc1cccc(CN2CCN3CCCN(C(=O)Cc4ccccc4Cl)CC3C2=O)c1. The predicted molar refractivity (Wildman–Crippen MR) is 118 cm³/mol. The van der Waals surface area contributed by atoms with E-state index in [1.54, 1.807) is 0 Å². The molecule has 0 saturated carbocycles. The highest BCUT2D eigenvalue weighted by Gasteiger charge is 2.38. The highest BCUT2D eigenvalue weighted by atomic mass is 35.5. The Hall–Kier alpha value is -2.37. The first-order valence-corrected chi connectivity index (χ1v) is 11.0. The monoisotopic (exact) mass is 425 g/mol. The fourth-order valence-corrected chi connectivity index (χ4v) is 4.64. The van der Waals surface area contributed by atoms with E-state index in [9.17, 15) is 9.59 Å². The average molecular weight is 426 g/mol. The molecule has 1 unspecified atom stereocenters. The summed E-state index contributed by atoms with van der Waals surface area (Å²) in [5.41, 5.74) is 3.18. The molecular weight excluding hydrogens is 398 g/mol. The van der Waals surface area contributed by atoms with Crippen LogP contribution in [0.3, 0.4) is 0 Å². The standard InChI is InChI=1S/C24H28ClN3O2/c1-18-6-4-7-19(14-18)16-28-13-12-26-10-5-11-27(17-22(26)24(28)30)23(29)15-20-8-2-3-9-21(20)25/h2-4,6-9,14,22H,5,10-13,15-17H2,1H3. The molecule has 2 heterocycles. The van der Waals surface area contributed by atoms with E-state index in [1.807, 2.05) is 40.1 Å². The van der Waals surface area contributed by atoms with E-state index in [-0.39, 0.29) is 24.3 Å². The Morgan fingerprint density at radius 3 is 2.70 bits per heavy atom. The molecule has 0 spiro atoms. The van der Waals surface area contributed by atoms with E-state index >= 15 is 0 Å². The van der Waals surface area contributed by atoms with Crippen LogP contribution >= 0.6 is 11.6 Å². The van der Waals surface area contributed by atoms with Crippen LogP contribution in [0, 0.1) is 6.92 Å². The number of nitrogens with zero attached hydrogens (tertiary/aromatic N) is 3. The third-order valence-electron chi connectivity index (χ3n) is 6.07. The van der Waals surface area contributed by atoms with Crippen molar-refractivity contribution in [3.05, 3.63) is 70.2 Å². The van der Waals surface area contributed by atoms with Gasteiger partial charge >= 0.3 is 0 Å². The van der Waals surface area contributed by atoms with Gasteiger partial charge in [0.15, 0.2) is 0 Å². The average Bonchev–Trinajstić information content (AvgIpc) is 2.95. The molecule has 0 aromatic heterocycles. The second-order valence-electron chi connectivity index (χ2n) is 8.26. The summed E-state index contributed by atoms with van der Waals surface area (Å²) in [7, 11) is 0. The van der Waals surface area contributed by atoms with Gasteiger partial charge in [0.2, 0.25) is 11.8 Å². The fourth-order valence-electron chi connectivity index (χ4n) is 4.44. The summed E-state index contributed by atoms with van der Waals surface area (Å²) in [6.07, 6.45) is 1.16. The molecule has 5 nitrogen and oxygen atoms in total. The van der Waals surface area contributed by atoms with Gasteiger partial charge in [0.25, 0.3) is 0 Å². The van der Waals surface area contributed by atoms with Crippen LogP contribution < -0.4 is 0 Å². The minimum absolute atomic E-state index is 0.0357. The third kappa shape index (κ3) is 4.68. The van der Waals surface area contributed by atoms with E-state index in [0.29, 0.717) is 24.7 Å². The lowest BCUT2D eigenvalue weighted by molar-refractivity contribution is -0.143. The number of halogens is 1. The van der Waals surface area contributed by atoms with Crippen LogP contribution in [0.4, 0.5) is 0 Å². The topological polar surface area (TPSA) is 43.9 Å². The molecule has 158 valence electrons. The van der Waals surface area contributed by atoms with Crippen molar-refractivity contribution in [1.29, 1.82) is 0 Å². The number of carbonyl (C=O) groups excluding carboxylic acids is 2. The van der Waals surface area contributed by atoms with Crippen molar-refractivity contribution in [2.24, 2.45) is 0 Å². The Morgan fingerprint density at radius 1 is 1.07 bits per heavy atom. The number of carbonyl (C=O) groups is 2. The summed E-state index contributed by atoms with van der Waals surface area (Å²) in [5, 5.41) is 0.611. The first-order valence-electron chi connectivity index (χ1n) is 10.6. The number of piperazine rings is 1. The number of fused-ring (bicyclic) bond motifs is 1. The molecule has 2 aliphatic rings. The quantitative estimate of drug-likeness (QED) is 0.755. The van der Waals surface area contributed by atoms with E-state index in [4.69, 9.17) is 11.6 Å². The molecular formula is C24H28ClN3O2. The molecule has 0 radical (unpaired) electrons. The first-order chi connectivity index (χ1) is 14.5. The van der Waals surface area contributed by atoms with Crippen molar-refractivity contribution in [3.8, 4) is 0 Å². The summed E-state index contributed by atoms with van der Waals surface area (Å²) in [6, 6.07) is 15.5. The molecule has 1 atom stereocenters. The van der Waals surface area contributed by atoms with Gasteiger partial charge in [-0.05, 0) is 30.5 Å². The highest BCUT2D eigenvalue weighted by molar-refractivity contribution is 6.31. The molecule has 2 saturated heterocycles. The second kappa shape index (κ2) is 9.19. The van der Waals surface area contributed by atoms with Gasteiger partial charge < -0.3 is 9.80 Å². The summed E-state index contributed by atoms with van der Waals surface area (Å²) < 4.78 is 0. The zero-order valence-corrected chi connectivity index (χ0v) is 18.1. The molecule has 0 aliphatic carbocycles. The highest BCUT2D eigenvalue weighted by Crippen LogP contribution is 2.21. The summed E-state index contributed by atoms with van der Waals surface area (Å²) >= 11 is 6.24. The molecule has 4 rings (SSSR count). The number of benzene rings is 2. The van der Waals surface area contributed by atoms with E-state index in [1.165, 1.54) is 5.56 Å². The van der Waals surface area contributed by atoms with Crippen LogP contribution in [0.1, 0.15) is 23.1 Å². The van der Waals surface area contributed by atoms with Gasteiger partial charge in [-0.2, -0.15) is 0 Å². The maximum absolute atomic E-state index is 13.3. The molecule has 0 N–H and O–H groups in total. The Bertz CT molecular complexity index is 932. The number of rotatable bonds is 4. The van der Waals surface area contributed by atoms with Crippen LogP contribution in [0.15, 0.2) is 48.5 Å². The molecule has 30 heavy (non-hydrogen) atoms. The van der Waals surface area contributed by atoms with Gasteiger partial charge in [0, 0.05) is 44.3 Å². The van der Waals surface area contributed by atoms with E-state index in [0.717, 1.165) is 37.2 Å². The minimum atomic E-state index is -0.263. The van der Waals surface area contributed by atoms with Crippen LogP contribution in [0.2, 0.25) is 5.02 Å². The summed E-state index contributed by atoms with van der Waals surface area (Å²) in [5.74, 6) is 0.161. The molecule has 0 bridgehead atoms. The van der Waals surface area contributed by atoms with Crippen LogP contribution in [0.25, 0.3) is 0 Å². The van der Waals surface area contributed by atoms with Gasteiger partial charge in [0.1, 0.15) is 6.04 Å². The van der Waals surface area contributed by atoms with E-state index < -0.39 is 0 Å². The van der Waals surface area contributed by atoms with Gasteiger partial charge in [0.05, 0.1) is 6.42 Å². The van der Waals surface area contributed by atoms with Crippen LogP contribution in [0.5, 0.6) is 0 Å². The largest absolute Gasteiger partial charge is 0.340 e. The van der Waals surface area contributed by atoms with Gasteiger partial charge in [-0.25, -0.2) is 0 Å². The minimum Gasteiger partial charge on any atom is -0.340 e. The van der Waals surface area contributed by atoms with Gasteiger partial charge in [-0.15, -0.1) is 0 Å². The number of amides is 2. The lowest BCUT2D eigenvalue weighted by Gasteiger charge is -2.40. The predicted octanol–water partition coefficient (Wildman–Crippen LogP) is 3.14. The number of hydrogen-bond acceptors (Lipinski definition) is 3. The van der Waals surface area contributed by atoms with Crippen molar-refractivity contribution < 1.29 is 9.59 Å². The molecule has 2 amide bonds. The van der Waals surface area contributed by atoms with Crippen molar-refractivity contribution in [2.75, 3.05) is 32.7 Å². The van der Waals surface area contributed by atoms with Crippen molar-refractivity contribution in [2.45, 2.75) is 32.4 Å². The second-order valence-corrected chi connectivity index (χ2v) is 8.67. The Labute approximate surface area is 183 Å². The molecule has 2 aromatic rings. The van der Waals surface area contributed by atoms with Crippen molar-refractivity contribution in [3.63, 3.8) is 0 Å². The van der Waals surface area contributed by atoms with Crippen molar-refractivity contribution in [1.82, 2.24) is 14.7 Å². The Morgan fingerprint density at radius 2 is 1.90 bits per heavy atom. The number of hydrogen-bond donors (Lipinski definition) is 0. The normalized spacial score (nSPS) is 20.1. The smallest absolute Gasteiger partial charge is 0.242 e. The maximum atomic E-state index is 13.3. The molecule has 2 aliphatic heterocycles. The lowest BCUT2D eigenvalue weighted by atomic mass is 10.1. The summed E-state index contributed by atoms with van der Waals surface area (Å²) in [4.78, 5) is 32.3. The van der Waals surface area contributed by atoms with Crippen LogP contribution in [-0.2, 0) is 22.6 Å². The lowest BCUT2D eigenvalue weighted by Crippen LogP contribution is -2.59. The number of aryl methyl sites for hydroxylation is 1. The zero-order valence-electron chi connectivity index (χ0n) is 17.4. The Balaban J connectivity index is 1.45. The van der Waals surface area contributed by atoms with Crippen molar-refractivity contribution >= 4 is 23.4 Å². The molecule has 2 fully saturated rings. The Kier molecular flexibility index (Phi) is 6.40. The maximum Gasteiger partial charge on any atom is 0.242 e. The fraction of sp³-hybridized carbons (Fsp3) is 0.417. The molecule has 6 heteroatoms. The van der Waals surface area contributed by atoms with Gasteiger partial charge in [-0.1, -0.05) is 59.6 Å². The van der Waals surface area contributed by atoms with E-state index in [2.05, 4.69) is 30.0 Å². The summed E-state index contributed by atoms with van der Waals surface area (Å²) in [6.45, 7) is 6.26. The zero-order chi connectivity index (χ0) is 21.1. The third-order valence-corrected chi connectivity index (χ3v) is 6.44. The molecule has 2 aromatic carbocycles. The first kappa shape index (κ1) is 20.9. The van der Waals surface area contributed by atoms with Crippen LogP contribution in [-0.4, -0.2) is 65.3 Å².